The van der Waals surface area contributed by atoms with Crippen LogP contribution in [0.1, 0.15) is 18.7 Å². The fourth-order valence-corrected chi connectivity index (χ4v) is 2.43. The van der Waals surface area contributed by atoms with Crippen LogP contribution in [0.5, 0.6) is 11.5 Å². The number of hydrogen-bond acceptors (Lipinski definition) is 4. The van der Waals surface area contributed by atoms with Gasteiger partial charge in [0.05, 0.1) is 12.7 Å². The molecule has 0 spiro atoms. The summed E-state index contributed by atoms with van der Waals surface area (Å²) in [4.78, 5) is 1.32. The molecule has 19 heavy (non-hydrogen) atoms. The molecule has 0 saturated heterocycles. The fourth-order valence-electron chi connectivity index (χ4n) is 1.74. The van der Waals surface area contributed by atoms with Gasteiger partial charge in [-0.1, -0.05) is 6.07 Å². The summed E-state index contributed by atoms with van der Waals surface area (Å²) in [6.07, 6.45) is 1.04. The lowest BCUT2D eigenvalue weighted by Gasteiger charge is -2.12. The van der Waals surface area contributed by atoms with Gasteiger partial charge in [-0.3, -0.25) is 0 Å². The molecule has 3 nitrogen and oxygen atoms in total. The Labute approximate surface area is 118 Å². The van der Waals surface area contributed by atoms with E-state index in [-0.39, 0.29) is 6.10 Å². The lowest BCUT2D eigenvalue weighted by molar-refractivity contribution is 0.240. The predicted octanol–water partition coefficient (Wildman–Crippen LogP) is 3.74. The fraction of sp³-hybridized carbons (Fsp3) is 0.333. The second-order valence-corrected chi connectivity index (χ2v) is 5.61. The standard InChI is InChI=1S/C15H19NO2S/c1-11(2)18-14-9-12(16)8-13(10-14)17-6-5-15-4-3-7-19-15/h3-4,7-11H,5-6,16H2,1-2H3. The summed E-state index contributed by atoms with van der Waals surface area (Å²) >= 11 is 1.74. The Balaban J connectivity index is 1.93. The second kappa shape index (κ2) is 6.48. The molecule has 0 bridgehead atoms. The van der Waals surface area contributed by atoms with Crippen molar-refractivity contribution < 1.29 is 9.47 Å². The average Bonchev–Trinajstić information content (AvgIpc) is 2.80. The van der Waals surface area contributed by atoms with Crippen LogP contribution in [0.2, 0.25) is 0 Å². The van der Waals surface area contributed by atoms with Crippen molar-refractivity contribution >= 4 is 17.0 Å². The Morgan fingerprint density at radius 1 is 1.21 bits per heavy atom. The van der Waals surface area contributed by atoms with Crippen LogP contribution in [0.4, 0.5) is 5.69 Å². The van der Waals surface area contributed by atoms with Gasteiger partial charge in [-0.25, -0.2) is 0 Å². The van der Waals surface area contributed by atoms with E-state index in [1.807, 2.05) is 32.0 Å². The van der Waals surface area contributed by atoms with Crippen LogP contribution in [0.15, 0.2) is 35.7 Å². The first kappa shape index (κ1) is 13.7. The molecule has 0 aliphatic heterocycles. The molecule has 2 rings (SSSR count). The van der Waals surface area contributed by atoms with Gasteiger partial charge in [-0.15, -0.1) is 11.3 Å². The average molecular weight is 277 g/mol. The summed E-state index contributed by atoms with van der Waals surface area (Å²) in [6.45, 7) is 4.62. The summed E-state index contributed by atoms with van der Waals surface area (Å²) in [7, 11) is 0. The number of benzene rings is 1. The van der Waals surface area contributed by atoms with Crippen molar-refractivity contribution in [3.8, 4) is 11.5 Å². The first-order valence-electron chi connectivity index (χ1n) is 6.36. The van der Waals surface area contributed by atoms with Crippen LogP contribution in [0, 0.1) is 0 Å². The van der Waals surface area contributed by atoms with Crippen LogP contribution in [-0.2, 0) is 6.42 Å². The van der Waals surface area contributed by atoms with E-state index in [0.717, 1.165) is 17.9 Å². The summed E-state index contributed by atoms with van der Waals surface area (Å²) in [5.41, 5.74) is 6.50. The molecular weight excluding hydrogens is 258 g/mol. The first-order valence-corrected chi connectivity index (χ1v) is 7.24. The minimum absolute atomic E-state index is 0.126. The Hall–Kier alpha value is -1.68. The van der Waals surface area contributed by atoms with Gasteiger partial charge in [-0.05, 0) is 25.3 Å². The maximum atomic E-state index is 5.84. The molecule has 0 unspecified atom stereocenters. The SMILES string of the molecule is CC(C)Oc1cc(N)cc(OCCc2cccs2)c1. The molecule has 0 saturated carbocycles. The third-order valence-corrected chi connectivity index (χ3v) is 3.41. The van der Waals surface area contributed by atoms with Crippen LogP contribution < -0.4 is 15.2 Å². The molecule has 0 atom stereocenters. The van der Waals surface area contributed by atoms with Crippen LogP contribution in [0.3, 0.4) is 0 Å². The van der Waals surface area contributed by atoms with E-state index in [2.05, 4.69) is 17.5 Å². The van der Waals surface area contributed by atoms with Gasteiger partial charge < -0.3 is 15.2 Å². The Morgan fingerprint density at radius 2 is 2.00 bits per heavy atom. The molecule has 0 aliphatic carbocycles. The number of nitrogen functional groups attached to an aromatic ring is 1. The van der Waals surface area contributed by atoms with Crippen molar-refractivity contribution in [2.75, 3.05) is 12.3 Å². The second-order valence-electron chi connectivity index (χ2n) is 4.58. The van der Waals surface area contributed by atoms with E-state index in [4.69, 9.17) is 15.2 Å². The third kappa shape index (κ3) is 4.48. The third-order valence-electron chi connectivity index (χ3n) is 2.47. The van der Waals surface area contributed by atoms with Gasteiger partial charge in [-0.2, -0.15) is 0 Å². The molecule has 1 aromatic heterocycles. The predicted molar refractivity (Wildman–Crippen MR) is 80.1 cm³/mol. The Bertz CT molecular complexity index is 509. The maximum Gasteiger partial charge on any atom is 0.125 e. The van der Waals surface area contributed by atoms with Gasteiger partial charge in [0.25, 0.3) is 0 Å². The minimum atomic E-state index is 0.126. The number of ether oxygens (including phenoxy) is 2. The number of anilines is 1. The zero-order valence-electron chi connectivity index (χ0n) is 11.3. The summed E-state index contributed by atoms with van der Waals surface area (Å²) < 4.78 is 11.4. The molecule has 0 radical (unpaired) electrons. The van der Waals surface area contributed by atoms with Gasteiger partial charge in [0.15, 0.2) is 0 Å². The van der Waals surface area contributed by atoms with Crippen molar-refractivity contribution in [3.63, 3.8) is 0 Å². The van der Waals surface area contributed by atoms with Crippen molar-refractivity contribution in [3.05, 3.63) is 40.6 Å². The molecule has 0 amide bonds. The zero-order chi connectivity index (χ0) is 13.7. The molecule has 0 fully saturated rings. The van der Waals surface area contributed by atoms with Crippen molar-refractivity contribution in [2.45, 2.75) is 26.4 Å². The van der Waals surface area contributed by atoms with Crippen LogP contribution in [-0.4, -0.2) is 12.7 Å². The van der Waals surface area contributed by atoms with E-state index in [9.17, 15) is 0 Å². The molecule has 102 valence electrons. The number of nitrogens with two attached hydrogens (primary N) is 1. The number of rotatable bonds is 6. The Morgan fingerprint density at radius 3 is 2.68 bits per heavy atom. The van der Waals surface area contributed by atoms with Gasteiger partial charge in [0.2, 0.25) is 0 Å². The van der Waals surface area contributed by atoms with E-state index in [0.29, 0.717) is 12.3 Å². The highest BCUT2D eigenvalue weighted by Crippen LogP contribution is 2.25. The topological polar surface area (TPSA) is 44.5 Å². The summed E-state index contributed by atoms with van der Waals surface area (Å²) in [6, 6.07) is 9.67. The lowest BCUT2D eigenvalue weighted by Crippen LogP contribution is -2.06. The molecule has 4 heteroatoms. The normalized spacial score (nSPS) is 10.7. The highest BCUT2D eigenvalue weighted by atomic mass is 32.1. The quantitative estimate of drug-likeness (QED) is 0.818. The van der Waals surface area contributed by atoms with Crippen molar-refractivity contribution in [1.82, 2.24) is 0 Å². The smallest absolute Gasteiger partial charge is 0.125 e. The van der Waals surface area contributed by atoms with Gasteiger partial charge >= 0.3 is 0 Å². The van der Waals surface area contributed by atoms with Crippen molar-refractivity contribution in [2.24, 2.45) is 0 Å². The highest BCUT2D eigenvalue weighted by Gasteiger charge is 2.03. The monoisotopic (exact) mass is 277 g/mol. The first-order chi connectivity index (χ1) is 9.13. The zero-order valence-corrected chi connectivity index (χ0v) is 12.1. The Kier molecular flexibility index (Phi) is 4.68. The lowest BCUT2D eigenvalue weighted by atomic mass is 10.3. The number of hydrogen-bond donors (Lipinski definition) is 1. The van der Waals surface area contributed by atoms with Gasteiger partial charge in [0.1, 0.15) is 11.5 Å². The molecule has 1 heterocycles. The van der Waals surface area contributed by atoms with E-state index in [1.54, 1.807) is 11.3 Å². The molecule has 0 aliphatic rings. The summed E-state index contributed by atoms with van der Waals surface area (Å²) in [5.74, 6) is 1.51. The molecular formula is C15H19NO2S. The van der Waals surface area contributed by atoms with E-state index >= 15 is 0 Å². The maximum absolute atomic E-state index is 5.84. The highest BCUT2D eigenvalue weighted by molar-refractivity contribution is 7.09. The van der Waals surface area contributed by atoms with Gasteiger partial charge in [0, 0.05) is 35.2 Å². The molecule has 2 aromatic rings. The minimum Gasteiger partial charge on any atom is -0.493 e. The van der Waals surface area contributed by atoms with Crippen LogP contribution in [0.25, 0.3) is 0 Å². The van der Waals surface area contributed by atoms with E-state index < -0.39 is 0 Å². The molecule has 2 N–H and O–H groups in total. The summed E-state index contributed by atoms with van der Waals surface area (Å²) in [5, 5.41) is 2.07. The largest absolute Gasteiger partial charge is 0.493 e. The number of thiophene rings is 1. The molecule has 1 aromatic carbocycles. The van der Waals surface area contributed by atoms with E-state index in [1.165, 1.54) is 4.88 Å². The van der Waals surface area contributed by atoms with Crippen molar-refractivity contribution in [1.29, 1.82) is 0 Å². The van der Waals surface area contributed by atoms with Crippen LogP contribution >= 0.6 is 11.3 Å².